The summed E-state index contributed by atoms with van der Waals surface area (Å²) >= 11 is 11.3. The maximum Gasteiger partial charge on any atom is 0.252 e. The van der Waals surface area contributed by atoms with E-state index in [1.54, 1.807) is 0 Å². The average Bonchev–Trinajstić information content (AvgIpc) is 2.29. The van der Waals surface area contributed by atoms with Crippen molar-refractivity contribution in [2.45, 2.75) is 6.10 Å². The zero-order valence-corrected chi connectivity index (χ0v) is 9.66. The maximum absolute atomic E-state index is 11.5. The van der Waals surface area contributed by atoms with Gasteiger partial charge >= 0.3 is 0 Å². The summed E-state index contributed by atoms with van der Waals surface area (Å²) in [5.74, 6) is -0.446. The Balaban J connectivity index is 2.63. The van der Waals surface area contributed by atoms with Crippen LogP contribution in [0, 0.1) is 0 Å². The molecule has 16 heavy (non-hydrogen) atoms. The lowest BCUT2D eigenvalue weighted by atomic mass is 10.2. The number of aliphatic hydroxyl groups excluding tert-OH is 2. The number of nitrogens with zero attached hydrogens (tertiary/aromatic N) is 1. The van der Waals surface area contributed by atoms with Crippen molar-refractivity contribution >= 4 is 29.1 Å². The van der Waals surface area contributed by atoms with Gasteiger partial charge in [-0.3, -0.25) is 4.79 Å². The van der Waals surface area contributed by atoms with E-state index in [-0.39, 0.29) is 22.3 Å². The van der Waals surface area contributed by atoms with Gasteiger partial charge in [-0.25, -0.2) is 4.98 Å². The number of amides is 1. The smallest absolute Gasteiger partial charge is 0.252 e. The van der Waals surface area contributed by atoms with E-state index in [4.69, 9.17) is 33.4 Å². The number of pyridine rings is 1. The van der Waals surface area contributed by atoms with Crippen molar-refractivity contribution in [1.29, 1.82) is 0 Å². The summed E-state index contributed by atoms with van der Waals surface area (Å²) in [4.78, 5) is 15.2. The van der Waals surface area contributed by atoms with Gasteiger partial charge in [0.1, 0.15) is 5.15 Å². The molecular formula is C9H10Cl2N2O3. The van der Waals surface area contributed by atoms with Gasteiger partial charge in [-0.15, -0.1) is 0 Å². The molecule has 1 rings (SSSR count). The number of carbonyl (C=O) groups excluding carboxylic acids is 1. The largest absolute Gasteiger partial charge is 0.394 e. The monoisotopic (exact) mass is 264 g/mol. The first kappa shape index (κ1) is 13.2. The Bertz CT molecular complexity index is 387. The third-order valence-corrected chi connectivity index (χ3v) is 2.45. The molecule has 1 amide bonds. The molecule has 0 spiro atoms. The van der Waals surface area contributed by atoms with Crippen LogP contribution in [-0.2, 0) is 0 Å². The van der Waals surface area contributed by atoms with Crippen molar-refractivity contribution < 1.29 is 15.0 Å². The maximum atomic E-state index is 11.5. The molecule has 0 aliphatic heterocycles. The molecule has 7 heteroatoms. The van der Waals surface area contributed by atoms with Gasteiger partial charge in [0.2, 0.25) is 0 Å². The van der Waals surface area contributed by atoms with Gasteiger partial charge in [-0.2, -0.15) is 0 Å². The number of hydrogen-bond acceptors (Lipinski definition) is 4. The normalized spacial score (nSPS) is 12.2. The highest BCUT2D eigenvalue weighted by atomic mass is 35.5. The number of aliphatic hydroxyl groups is 2. The van der Waals surface area contributed by atoms with Crippen molar-refractivity contribution in [1.82, 2.24) is 10.3 Å². The first-order valence-electron chi connectivity index (χ1n) is 4.42. The van der Waals surface area contributed by atoms with Crippen molar-refractivity contribution in [3.63, 3.8) is 0 Å². The lowest BCUT2D eigenvalue weighted by Crippen LogP contribution is -2.33. The van der Waals surface area contributed by atoms with Gasteiger partial charge in [0.15, 0.2) is 0 Å². The molecule has 0 bridgehead atoms. The van der Waals surface area contributed by atoms with Gasteiger partial charge in [0, 0.05) is 12.7 Å². The lowest BCUT2D eigenvalue weighted by Gasteiger charge is -2.08. The van der Waals surface area contributed by atoms with E-state index in [2.05, 4.69) is 10.3 Å². The highest BCUT2D eigenvalue weighted by Crippen LogP contribution is 2.19. The first-order chi connectivity index (χ1) is 7.54. The Labute approximate surface area is 102 Å². The second-order valence-electron chi connectivity index (χ2n) is 3.04. The van der Waals surface area contributed by atoms with Crippen molar-refractivity contribution in [3.8, 4) is 0 Å². The molecule has 1 unspecified atom stereocenters. The number of rotatable bonds is 4. The van der Waals surface area contributed by atoms with E-state index >= 15 is 0 Å². The fourth-order valence-electron chi connectivity index (χ4n) is 0.923. The van der Waals surface area contributed by atoms with E-state index in [9.17, 15) is 4.79 Å². The molecule has 0 aromatic carbocycles. The molecule has 1 heterocycles. The molecule has 0 saturated heterocycles. The van der Waals surface area contributed by atoms with Gasteiger partial charge in [-0.05, 0) is 6.07 Å². The minimum atomic E-state index is -0.986. The van der Waals surface area contributed by atoms with Gasteiger partial charge < -0.3 is 15.5 Å². The highest BCUT2D eigenvalue weighted by molar-refractivity contribution is 6.41. The van der Waals surface area contributed by atoms with Crippen LogP contribution in [0.3, 0.4) is 0 Å². The summed E-state index contributed by atoms with van der Waals surface area (Å²) in [6, 6.07) is 1.37. The summed E-state index contributed by atoms with van der Waals surface area (Å²) in [5, 5.41) is 20.3. The van der Waals surface area contributed by atoms with Gasteiger partial charge in [0.25, 0.3) is 5.91 Å². The summed E-state index contributed by atoms with van der Waals surface area (Å²) < 4.78 is 0. The topological polar surface area (TPSA) is 82.5 Å². The zero-order chi connectivity index (χ0) is 12.1. The number of hydrogen-bond donors (Lipinski definition) is 3. The fraction of sp³-hybridized carbons (Fsp3) is 0.333. The van der Waals surface area contributed by atoms with Gasteiger partial charge in [0.05, 0.1) is 23.3 Å². The van der Waals surface area contributed by atoms with Crippen LogP contribution in [0.4, 0.5) is 0 Å². The molecule has 0 aliphatic carbocycles. The molecular weight excluding hydrogens is 255 g/mol. The summed E-state index contributed by atoms with van der Waals surface area (Å²) in [6.07, 6.45) is 0.286. The predicted molar refractivity (Wildman–Crippen MR) is 59.7 cm³/mol. The third-order valence-electron chi connectivity index (χ3n) is 1.77. The molecule has 0 aliphatic rings. The molecule has 0 fully saturated rings. The highest BCUT2D eigenvalue weighted by Gasteiger charge is 2.10. The van der Waals surface area contributed by atoms with Crippen LogP contribution in [-0.4, -0.2) is 40.4 Å². The van der Waals surface area contributed by atoms with Crippen LogP contribution >= 0.6 is 23.2 Å². The Morgan fingerprint density at radius 2 is 2.25 bits per heavy atom. The Kier molecular flexibility index (Phi) is 4.95. The van der Waals surface area contributed by atoms with E-state index in [1.807, 2.05) is 0 Å². The van der Waals surface area contributed by atoms with Crippen LogP contribution in [0.15, 0.2) is 12.3 Å². The summed E-state index contributed by atoms with van der Waals surface area (Å²) in [7, 11) is 0. The fourth-order valence-corrected chi connectivity index (χ4v) is 1.19. The molecule has 3 N–H and O–H groups in total. The molecule has 1 aromatic rings. The molecule has 1 aromatic heterocycles. The lowest BCUT2D eigenvalue weighted by molar-refractivity contribution is 0.0801. The van der Waals surface area contributed by atoms with Crippen molar-refractivity contribution in [2.75, 3.05) is 13.2 Å². The van der Waals surface area contributed by atoms with Crippen LogP contribution in [0.25, 0.3) is 0 Å². The van der Waals surface area contributed by atoms with Gasteiger partial charge in [-0.1, -0.05) is 23.2 Å². The number of carbonyl (C=O) groups is 1. The van der Waals surface area contributed by atoms with Crippen LogP contribution in [0.5, 0.6) is 0 Å². The Morgan fingerprint density at radius 1 is 1.56 bits per heavy atom. The number of halogens is 2. The second kappa shape index (κ2) is 6.00. The van der Waals surface area contributed by atoms with E-state index in [0.29, 0.717) is 0 Å². The molecule has 0 radical (unpaired) electrons. The first-order valence-corrected chi connectivity index (χ1v) is 5.18. The second-order valence-corrected chi connectivity index (χ2v) is 3.81. The Morgan fingerprint density at radius 3 is 2.81 bits per heavy atom. The predicted octanol–water partition coefficient (Wildman–Crippen LogP) is 0.471. The van der Waals surface area contributed by atoms with E-state index in [1.165, 1.54) is 12.3 Å². The summed E-state index contributed by atoms with van der Waals surface area (Å²) in [6.45, 7) is -0.463. The minimum Gasteiger partial charge on any atom is -0.394 e. The standard InChI is InChI=1S/C9H10Cl2N2O3/c10-7-1-5(2-12-8(7)11)9(16)13-3-6(15)4-14/h1-2,6,14-15H,3-4H2,(H,13,16). The average molecular weight is 265 g/mol. The molecule has 0 saturated carbocycles. The number of nitrogens with one attached hydrogen (secondary N) is 1. The quantitative estimate of drug-likeness (QED) is 0.691. The molecule has 5 nitrogen and oxygen atoms in total. The van der Waals surface area contributed by atoms with Crippen LogP contribution in [0.1, 0.15) is 10.4 Å². The number of aromatic nitrogens is 1. The van der Waals surface area contributed by atoms with Crippen LogP contribution in [0.2, 0.25) is 10.2 Å². The third kappa shape index (κ3) is 3.61. The minimum absolute atomic E-state index is 0.0461. The van der Waals surface area contributed by atoms with Crippen molar-refractivity contribution in [2.24, 2.45) is 0 Å². The molecule has 88 valence electrons. The van der Waals surface area contributed by atoms with Crippen LogP contribution < -0.4 is 5.32 Å². The van der Waals surface area contributed by atoms with Crippen molar-refractivity contribution in [3.05, 3.63) is 28.0 Å². The molecule has 1 atom stereocenters. The summed E-state index contributed by atoms with van der Waals surface area (Å²) in [5.41, 5.74) is 0.236. The van der Waals surface area contributed by atoms with E-state index in [0.717, 1.165) is 0 Å². The SMILES string of the molecule is O=C(NCC(O)CO)c1cnc(Cl)c(Cl)c1. The Hall–Kier alpha value is -0.880. The zero-order valence-electron chi connectivity index (χ0n) is 8.15. The van der Waals surface area contributed by atoms with E-state index < -0.39 is 18.6 Å².